The predicted molar refractivity (Wildman–Crippen MR) is 135 cm³/mol. The zero-order valence-electron chi connectivity index (χ0n) is 18.5. The molecule has 0 saturated heterocycles. The molecule has 1 aliphatic carbocycles. The molecule has 4 aromatic rings. The molecule has 0 spiro atoms. The van der Waals surface area contributed by atoms with E-state index in [2.05, 4.69) is 96.6 Å². The minimum Gasteiger partial charge on any atom is -0.289 e. The number of fused-ring (bicyclic) bond motifs is 3. The van der Waals surface area contributed by atoms with Crippen LogP contribution in [-0.2, 0) is 11.3 Å². The molecule has 0 N–H and O–H groups in total. The van der Waals surface area contributed by atoms with E-state index < -0.39 is 6.04 Å². The van der Waals surface area contributed by atoms with E-state index in [1.165, 1.54) is 38.9 Å². The Kier molecular flexibility index (Phi) is 6.01. The van der Waals surface area contributed by atoms with Gasteiger partial charge in [0.2, 0.25) is 6.29 Å². The zero-order valence-corrected chi connectivity index (χ0v) is 18.5. The highest BCUT2D eigenvalue weighted by atomic mass is 16.1. The van der Waals surface area contributed by atoms with Crippen LogP contribution in [0.3, 0.4) is 0 Å². The molecule has 1 radical (unpaired) electrons. The average Bonchev–Trinajstić information content (AvgIpc) is 3.22. The van der Waals surface area contributed by atoms with Crippen LogP contribution in [0.15, 0.2) is 116 Å². The van der Waals surface area contributed by atoms with Gasteiger partial charge in [0, 0.05) is 6.54 Å². The van der Waals surface area contributed by atoms with E-state index in [9.17, 15) is 4.79 Å². The van der Waals surface area contributed by atoms with Gasteiger partial charge in [0.15, 0.2) is 0 Å². The first kappa shape index (κ1) is 21.1. The van der Waals surface area contributed by atoms with Crippen LogP contribution in [0, 0.1) is 0 Å². The van der Waals surface area contributed by atoms with Gasteiger partial charge in [0.05, 0.1) is 12.1 Å². The summed E-state index contributed by atoms with van der Waals surface area (Å²) in [6, 6.07) is 35.5. The maximum atomic E-state index is 12.2. The molecule has 161 valence electrons. The summed E-state index contributed by atoms with van der Waals surface area (Å²) < 4.78 is 0. The van der Waals surface area contributed by atoms with Gasteiger partial charge < -0.3 is 0 Å². The zero-order chi connectivity index (χ0) is 22.6. The molecule has 0 bridgehead atoms. The van der Waals surface area contributed by atoms with Crippen LogP contribution in [0.25, 0.3) is 22.3 Å². The molecule has 0 aromatic heterocycles. The summed E-state index contributed by atoms with van der Waals surface area (Å²) in [5.74, 6) is 0. The van der Waals surface area contributed by atoms with Crippen molar-refractivity contribution in [2.24, 2.45) is 0 Å². The first-order valence-corrected chi connectivity index (χ1v) is 11.4. The second-order valence-electron chi connectivity index (χ2n) is 8.44. The number of carbonyl (C=O) groups excluding carboxylic acids is 1. The van der Waals surface area contributed by atoms with Crippen molar-refractivity contribution in [2.45, 2.75) is 25.0 Å². The maximum Gasteiger partial charge on any atom is 0.217 e. The smallest absolute Gasteiger partial charge is 0.217 e. The van der Waals surface area contributed by atoms with E-state index in [0.717, 1.165) is 0 Å². The minimum atomic E-state index is -0.393. The minimum absolute atomic E-state index is 0.0563. The van der Waals surface area contributed by atoms with Crippen LogP contribution in [0.4, 0.5) is 0 Å². The lowest BCUT2D eigenvalue weighted by Gasteiger charge is -2.35. The summed E-state index contributed by atoms with van der Waals surface area (Å²) in [6.45, 7) is 4.56. The Labute approximate surface area is 195 Å². The summed E-state index contributed by atoms with van der Waals surface area (Å²) in [6.07, 6.45) is 4.70. The number of nitrogens with zero attached hydrogens (tertiary/aromatic N) is 1. The van der Waals surface area contributed by atoms with Crippen LogP contribution in [-0.4, -0.2) is 17.2 Å². The molecule has 5 rings (SSSR count). The Morgan fingerprint density at radius 1 is 0.788 bits per heavy atom. The van der Waals surface area contributed by atoms with Crippen LogP contribution >= 0.6 is 0 Å². The van der Waals surface area contributed by atoms with Gasteiger partial charge in [-0.2, -0.15) is 0 Å². The normalized spacial score (nSPS) is 15.0. The van der Waals surface area contributed by atoms with Crippen molar-refractivity contribution in [3.05, 3.63) is 132 Å². The van der Waals surface area contributed by atoms with E-state index in [1.807, 2.05) is 30.3 Å². The van der Waals surface area contributed by atoms with Crippen LogP contribution < -0.4 is 0 Å². The molecule has 2 nitrogen and oxygen atoms in total. The molecule has 2 heteroatoms. The molecule has 0 aliphatic heterocycles. The number of hydrogen-bond donors (Lipinski definition) is 0. The monoisotopic (exact) mass is 428 g/mol. The molecule has 2 atom stereocenters. The lowest BCUT2D eigenvalue weighted by atomic mass is 9.91. The molecule has 33 heavy (non-hydrogen) atoms. The summed E-state index contributed by atoms with van der Waals surface area (Å²) in [4.78, 5) is 14.5. The van der Waals surface area contributed by atoms with E-state index >= 15 is 0 Å². The topological polar surface area (TPSA) is 20.3 Å². The fraction of sp³-hybridized carbons (Fsp3) is 0.129. The van der Waals surface area contributed by atoms with E-state index in [4.69, 9.17) is 0 Å². The van der Waals surface area contributed by atoms with Crippen molar-refractivity contribution in [1.82, 2.24) is 4.90 Å². The fourth-order valence-electron chi connectivity index (χ4n) is 5.03. The largest absolute Gasteiger partial charge is 0.289 e. The highest BCUT2D eigenvalue weighted by Crippen LogP contribution is 2.51. The fourth-order valence-corrected chi connectivity index (χ4v) is 5.03. The van der Waals surface area contributed by atoms with Crippen molar-refractivity contribution in [3.63, 3.8) is 0 Å². The van der Waals surface area contributed by atoms with E-state index in [1.54, 1.807) is 0 Å². The first-order chi connectivity index (χ1) is 16.3. The average molecular weight is 429 g/mol. The van der Waals surface area contributed by atoms with Gasteiger partial charge in [0.25, 0.3) is 0 Å². The molecule has 0 saturated carbocycles. The highest BCUT2D eigenvalue weighted by Gasteiger charge is 2.38. The van der Waals surface area contributed by atoms with Crippen molar-refractivity contribution in [1.29, 1.82) is 0 Å². The first-order valence-electron chi connectivity index (χ1n) is 11.4. The molecule has 4 aromatic carbocycles. The van der Waals surface area contributed by atoms with Gasteiger partial charge in [-0.05, 0) is 45.4 Å². The van der Waals surface area contributed by atoms with Gasteiger partial charge in [0.1, 0.15) is 0 Å². The van der Waals surface area contributed by atoms with Crippen LogP contribution in [0.2, 0.25) is 0 Å². The molecular weight excluding hydrogens is 402 g/mol. The lowest BCUT2D eigenvalue weighted by Crippen LogP contribution is -2.39. The number of rotatable bonds is 8. The quantitative estimate of drug-likeness (QED) is 0.282. The molecule has 0 heterocycles. The van der Waals surface area contributed by atoms with Crippen molar-refractivity contribution >= 4 is 6.29 Å². The Balaban J connectivity index is 1.73. The Bertz CT molecular complexity index is 1260. The number of benzene rings is 4. The SMILES string of the molecule is C=CCC([C]=O)N(Cc1ccccc1)C1c2ccccc2-c2cccc(-c3ccccc3)c21. The summed E-state index contributed by atoms with van der Waals surface area (Å²) in [5.41, 5.74) is 8.51. The summed E-state index contributed by atoms with van der Waals surface area (Å²) >= 11 is 0. The number of hydrogen-bond acceptors (Lipinski definition) is 2. The predicted octanol–water partition coefficient (Wildman–Crippen LogP) is 6.98. The molecule has 0 fully saturated rings. The van der Waals surface area contributed by atoms with E-state index in [0.29, 0.717) is 13.0 Å². The van der Waals surface area contributed by atoms with Gasteiger partial charge in [-0.3, -0.25) is 9.69 Å². The summed E-state index contributed by atoms with van der Waals surface area (Å²) in [5, 5.41) is 0. The lowest BCUT2D eigenvalue weighted by molar-refractivity contribution is 0.187. The molecule has 2 unspecified atom stereocenters. The van der Waals surface area contributed by atoms with Crippen molar-refractivity contribution in [3.8, 4) is 22.3 Å². The molecule has 1 aliphatic rings. The molecule has 0 amide bonds. The van der Waals surface area contributed by atoms with Gasteiger partial charge in [-0.15, -0.1) is 6.58 Å². The van der Waals surface area contributed by atoms with Gasteiger partial charge >= 0.3 is 0 Å². The van der Waals surface area contributed by atoms with Gasteiger partial charge in [-0.1, -0.05) is 109 Å². The van der Waals surface area contributed by atoms with Crippen LogP contribution in [0.1, 0.15) is 29.2 Å². The standard InChI is InChI=1S/C31H26NO/c1-2-12-25(22-33)32(21-23-13-5-3-6-14-23)31-29-18-10-9-17-27(29)28-20-11-19-26(30(28)31)24-15-7-4-8-16-24/h2-11,13-20,25,31H,1,12,21H2. The third kappa shape index (κ3) is 3.94. The third-order valence-electron chi connectivity index (χ3n) is 6.48. The third-order valence-corrected chi connectivity index (χ3v) is 6.48. The highest BCUT2D eigenvalue weighted by molar-refractivity contribution is 5.86. The second-order valence-corrected chi connectivity index (χ2v) is 8.44. The summed E-state index contributed by atoms with van der Waals surface area (Å²) in [7, 11) is 0. The Morgan fingerprint density at radius 3 is 2.15 bits per heavy atom. The van der Waals surface area contributed by atoms with Gasteiger partial charge in [-0.25, -0.2) is 0 Å². The van der Waals surface area contributed by atoms with Crippen molar-refractivity contribution < 1.29 is 4.79 Å². The molecular formula is C31H26NO. The Morgan fingerprint density at radius 2 is 1.42 bits per heavy atom. The maximum absolute atomic E-state index is 12.2. The van der Waals surface area contributed by atoms with E-state index in [-0.39, 0.29) is 6.04 Å². The Hall–Kier alpha value is -3.75. The van der Waals surface area contributed by atoms with Crippen LogP contribution in [0.5, 0.6) is 0 Å². The second kappa shape index (κ2) is 9.40. The van der Waals surface area contributed by atoms with Crippen molar-refractivity contribution in [2.75, 3.05) is 0 Å².